The van der Waals surface area contributed by atoms with Gasteiger partial charge in [-0.05, 0) is 24.5 Å². The van der Waals surface area contributed by atoms with Crippen LogP contribution in [0.15, 0.2) is 18.2 Å². The maximum atomic E-state index is 11.4. The van der Waals surface area contributed by atoms with Crippen molar-refractivity contribution >= 4 is 5.97 Å². The molecule has 130 valence electrons. The molecular weight excluding hydrogens is 288 g/mol. The summed E-state index contributed by atoms with van der Waals surface area (Å²) < 4.78 is 5.85. The van der Waals surface area contributed by atoms with Crippen LogP contribution in [0.3, 0.4) is 0 Å². The predicted molar refractivity (Wildman–Crippen MR) is 95.5 cm³/mol. The first-order valence-corrected chi connectivity index (χ1v) is 9.18. The summed E-state index contributed by atoms with van der Waals surface area (Å²) in [6, 6.07) is 5.40. The number of aryl methyl sites for hydroxylation is 1. The van der Waals surface area contributed by atoms with Gasteiger partial charge in [-0.2, -0.15) is 0 Å². The normalized spacial score (nSPS) is 10.7. The number of hydrogen-bond donors (Lipinski definition) is 1. The van der Waals surface area contributed by atoms with Gasteiger partial charge in [0.1, 0.15) is 11.3 Å². The summed E-state index contributed by atoms with van der Waals surface area (Å²) in [5, 5.41) is 9.32. The van der Waals surface area contributed by atoms with E-state index in [-0.39, 0.29) is 5.56 Å². The van der Waals surface area contributed by atoms with E-state index in [1.165, 1.54) is 38.5 Å². The number of hydrogen-bond acceptors (Lipinski definition) is 2. The summed E-state index contributed by atoms with van der Waals surface area (Å²) in [5.41, 5.74) is 1.29. The maximum absolute atomic E-state index is 11.4. The third-order valence-corrected chi connectivity index (χ3v) is 4.09. The van der Waals surface area contributed by atoms with Crippen LogP contribution in [0.4, 0.5) is 0 Å². The van der Waals surface area contributed by atoms with Gasteiger partial charge >= 0.3 is 5.97 Å². The number of benzene rings is 1. The molecule has 0 radical (unpaired) electrons. The number of para-hydroxylation sites is 1. The molecule has 0 fully saturated rings. The summed E-state index contributed by atoms with van der Waals surface area (Å²) in [7, 11) is 0. The van der Waals surface area contributed by atoms with Crippen LogP contribution in [0.25, 0.3) is 0 Å². The Balaban J connectivity index is 2.37. The summed E-state index contributed by atoms with van der Waals surface area (Å²) in [4.78, 5) is 11.4. The van der Waals surface area contributed by atoms with Gasteiger partial charge in [0.15, 0.2) is 0 Å². The van der Waals surface area contributed by atoms with Crippen molar-refractivity contribution in [1.29, 1.82) is 0 Å². The minimum atomic E-state index is -0.908. The number of aromatic carboxylic acids is 1. The molecule has 0 aliphatic rings. The smallest absolute Gasteiger partial charge is 0.339 e. The van der Waals surface area contributed by atoms with E-state index in [9.17, 15) is 9.90 Å². The zero-order chi connectivity index (χ0) is 16.9. The van der Waals surface area contributed by atoms with E-state index >= 15 is 0 Å². The highest BCUT2D eigenvalue weighted by Gasteiger charge is 2.14. The fourth-order valence-electron chi connectivity index (χ4n) is 2.80. The van der Waals surface area contributed by atoms with Crippen LogP contribution in [0.2, 0.25) is 0 Å². The molecule has 0 bridgehead atoms. The Kier molecular flexibility index (Phi) is 10.2. The molecule has 1 aromatic rings. The first-order valence-electron chi connectivity index (χ1n) is 9.18. The Morgan fingerprint density at radius 2 is 1.61 bits per heavy atom. The molecular formula is C20H32O3. The molecule has 3 heteroatoms. The van der Waals surface area contributed by atoms with E-state index in [1.807, 2.05) is 6.07 Å². The average Bonchev–Trinajstić information content (AvgIpc) is 2.54. The van der Waals surface area contributed by atoms with E-state index in [0.29, 0.717) is 12.4 Å². The fourth-order valence-corrected chi connectivity index (χ4v) is 2.80. The standard InChI is InChI=1S/C20H32O3/c1-3-5-6-7-8-9-10-11-16-23-19-17(13-4-2)14-12-15-18(19)20(21)22/h12,14-15H,3-11,13,16H2,1-2H3,(H,21,22). The number of carbonyl (C=O) groups is 1. The third-order valence-electron chi connectivity index (χ3n) is 4.09. The lowest BCUT2D eigenvalue weighted by Crippen LogP contribution is -2.07. The summed E-state index contributed by atoms with van der Waals surface area (Å²) in [5.74, 6) is -0.335. The number of carboxylic acids is 1. The van der Waals surface area contributed by atoms with Crippen LogP contribution in [-0.4, -0.2) is 17.7 Å². The lowest BCUT2D eigenvalue weighted by molar-refractivity contribution is 0.0692. The molecule has 1 aromatic carbocycles. The van der Waals surface area contributed by atoms with Gasteiger partial charge < -0.3 is 9.84 Å². The zero-order valence-electron chi connectivity index (χ0n) is 14.8. The van der Waals surface area contributed by atoms with Gasteiger partial charge in [-0.3, -0.25) is 0 Å². The van der Waals surface area contributed by atoms with E-state index in [0.717, 1.165) is 31.2 Å². The monoisotopic (exact) mass is 320 g/mol. The van der Waals surface area contributed by atoms with Crippen molar-refractivity contribution in [2.75, 3.05) is 6.61 Å². The molecule has 0 aliphatic heterocycles. The Morgan fingerprint density at radius 1 is 0.957 bits per heavy atom. The first-order chi connectivity index (χ1) is 11.2. The van der Waals surface area contributed by atoms with Gasteiger partial charge in [-0.25, -0.2) is 4.79 Å². The molecule has 0 aromatic heterocycles. The molecule has 3 nitrogen and oxygen atoms in total. The molecule has 0 aliphatic carbocycles. The first kappa shape index (κ1) is 19.5. The third kappa shape index (κ3) is 7.54. The quantitative estimate of drug-likeness (QED) is 0.463. The Labute approximate surface area is 141 Å². The van der Waals surface area contributed by atoms with Gasteiger partial charge in [-0.1, -0.05) is 77.3 Å². The number of unbranched alkanes of at least 4 members (excludes halogenated alkanes) is 7. The lowest BCUT2D eigenvalue weighted by atomic mass is 10.0. The lowest BCUT2D eigenvalue weighted by Gasteiger charge is -2.13. The molecule has 0 amide bonds. The molecule has 0 heterocycles. The van der Waals surface area contributed by atoms with Crippen LogP contribution < -0.4 is 4.74 Å². The largest absolute Gasteiger partial charge is 0.492 e. The summed E-state index contributed by atoms with van der Waals surface area (Å²) >= 11 is 0. The van der Waals surface area contributed by atoms with Crippen molar-refractivity contribution in [2.45, 2.75) is 78.1 Å². The van der Waals surface area contributed by atoms with Gasteiger partial charge in [0.25, 0.3) is 0 Å². The van der Waals surface area contributed by atoms with Crippen LogP contribution >= 0.6 is 0 Å². The molecule has 0 atom stereocenters. The Hall–Kier alpha value is -1.51. The number of carboxylic acid groups (broad SMARTS) is 1. The van der Waals surface area contributed by atoms with E-state index in [2.05, 4.69) is 13.8 Å². The van der Waals surface area contributed by atoms with Crippen molar-refractivity contribution < 1.29 is 14.6 Å². The average molecular weight is 320 g/mol. The minimum absolute atomic E-state index is 0.288. The molecule has 0 unspecified atom stereocenters. The highest BCUT2D eigenvalue weighted by atomic mass is 16.5. The van der Waals surface area contributed by atoms with Crippen LogP contribution in [0.1, 0.15) is 87.6 Å². The molecule has 0 saturated heterocycles. The topological polar surface area (TPSA) is 46.5 Å². The van der Waals surface area contributed by atoms with Gasteiger partial charge in [0.2, 0.25) is 0 Å². The van der Waals surface area contributed by atoms with Gasteiger partial charge in [-0.15, -0.1) is 0 Å². The second-order valence-electron chi connectivity index (χ2n) is 6.17. The highest BCUT2D eigenvalue weighted by molar-refractivity contribution is 5.91. The summed E-state index contributed by atoms with van der Waals surface area (Å²) in [6.07, 6.45) is 11.8. The zero-order valence-corrected chi connectivity index (χ0v) is 14.8. The molecule has 0 spiro atoms. The second kappa shape index (κ2) is 12.0. The van der Waals surface area contributed by atoms with E-state index < -0.39 is 5.97 Å². The van der Waals surface area contributed by atoms with Crippen molar-refractivity contribution in [2.24, 2.45) is 0 Å². The number of rotatable bonds is 13. The second-order valence-corrected chi connectivity index (χ2v) is 6.17. The van der Waals surface area contributed by atoms with Gasteiger partial charge in [0.05, 0.1) is 6.61 Å². The van der Waals surface area contributed by atoms with Crippen molar-refractivity contribution in [3.63, 3.8) is 0 Å². The summed E-state index contributed by atoms with van der Waals surface area (Å²) in [6.45, 7) is 4.94. The van der Waals surface area contributed by atoms with Gasteiger partial charge in [0, 0.05) is 0 Å². The van der Waals surface area contributed by atoms with E-state index in [1.54, 1.807) is 12.1 Å². The van der Waals surface area contributed by atoms with Crippen molar-refractivity contribution in [3.8, 4) is 5.75 Å². The Bertz CT molecular complexity index is 454. The fraction of sp³-hybridized carbons (Fsp3) is 0.650. The van der Waals surface area contributed by atoms with Crippen LogP contribution in [0, 0.1) is 0 Å². The molecule has 1 N–H and O–H groups in total. The molecule has 1 rings (SSSR count). The van der Waals surface area contributed by atoms with Crippen LogP contribution in [-0.2, 0) is 6.42 Å². The van der Waals surface area contributed by atoms with Crippen LogP contribution in [0.5, 0.6) is 5.75 Å². The van der Waals surface area contributed by atoms with Crippen molar-refractivity contribution in [1.82, 2.24) is 0 Å². The maximum Gasteiger partial charge on any atom is 0.339 e. The SMILES string of the molecule is CCCCCCCCCCOc1c(CCC)cccc1C(=O)O. The predicted octanol–water partition coefficient (Wildman–Crippen LogP) is 5.86. The number of ether oxygens (including phenoxy) is 1. The minimum Gasteiger partial charge on any atom is -0.492 e. The molecule has 23 heavy (non-hydrogen) atoms. The van der Waals surface area contributed by atoms with E-state index in [4.69, 9.17) is 4.74 Å². The Morgan fingerprint density at radius 3 is 2.22 bits per heavy atom. The van der Waals surface area contributed by atoms with Crippen molar-refractivity contribution in [3.05, 3.63) is 29.3 Å². The highest BCUT2D eigenvalue weighted by Crippen LogP contribution is 2.26. The molecule has 0 saturated carbocycles.